The predicted molar refractivity (Wildman–Crippen MR) is 75.4 cm³/mol. The number of ether oxygens (including phenoxy) is 1. The lowest BCUT2D eigenvalue weighted by Crippen LogP contribution is -2.11. The van der Waals surface area contributed by atoms with E-state index in [0.29, 0.717) is 5.56 Å². The Hall–Kier alpha value is -1.39. The average molecular weight is 344 g/mol. The van der Waals surface area contributed by atoms with Crippen LogP contribution in [-0.2, 0) is 0 Å². The molecule has 0 aliphatic rings. The molecule has 0 unspecified atom stereocenters. The van der Waals surface area contributed by atoms with Crippen LogP contribution in [0.5, 0.6) is 5.75 Å². The largest absolute Gasteiger partial charge is 0.484 e. The van der Waals surface area contributed by atoms with Crippen LogP contribution in [0.3, 0.4) is 0 Å². The first-order valence-corrected chi connectivity index (χ1v) is 6.60. The zero-order valence-corrected chi connectivity index (χ0v) is 12.0. The second-order valence-corrected chi connectivity index (χ2v) is 5.12. The zero-order valence-electron chi connectivity index (χ0n) is 9.70. The van der Waals surface area contributed by atoms with Crippen LogP contribution in [-0.4, -0.2) is 12.4 Å². The van der Waals surface area contributed by atoms with Gasteiger partial charge in [-0.1, -0.05) is 39.7 Å². The van der Waals surface area contributed by atoms with E-state index in [0.717, 1.165) is 10.5 Å². The van der Waals surface area contributed by atoms with Crippen molar-refractivity contribution in [2.24, 2.45) is 0 Å². The van der Waals surface area contributed by atoms with Gasteiger partial charge in [0.25, 0.3) is 0 Å². The molecule has 0 fully saturated rings. The minimum absolute atomic E-state index is 0.142. The van der Waals surface area contributed by atoms with E-state index in [1.807, 2.05) is 0 Å². The smallest absolute Gasteiger partial charge is 0.200 e. The molecule has 0 aliphatic carbocycles. The fourth-order valence-corrected chi connectivity index (χ4v) is 1.94. The molecule has 0 N–H and O–H groups in total. The van der Waals surface area contributed by atoms with Gasteiger partial charge in [0.15, 0.2) is 12.4 Å². The number of hydrogen-bond acceptors (Lipinski definition) is 2. The van der Waals surface area contributed by atoms with E-state index in [1.54, 1.807) is 24.3 Å². The number of halogens is 3. The molecule has 0 aliphatic heterocycles. The van der Waals surface area contributed by atoms with Gasteiger partial charge in [0.05, 0.1) is 5.02 Å². The molecule has 2 aromatic carbocycles. The minimum Gasteiger partial charge on any atom is -0.484 e. The van der Waals surface area contributed by atoms with Gasteiger partial charge in [-0.2, -0.15) is 0 Å². The van der Waals surface area contributed by atoms with Crippen molar-refractivity contribution in [3.8, 4) is 5.75 Å². The van der Waals surface area contributed by atoms with Crippen LogP contribution in [0.4, 0.5) is 4.39 Å². The van der Waals surface area contributed by atoms with Gasteiger partial charge in [-0.3, -0.25) is 4.79 Å². The highest BCUT2D eigenvalue weighted by Gasteiger charge is 2.09. The third kappa shape index (κ3) is 3.78. The Morgan fingerprint density at radius 1 is 1.21 bits per heavy atom. The van der Waals surface area contributed by atoms with E-state index in [9.17, 15) is 9.18 Å². The van der Waals surface area contributed by atoms with Crippen LogP contribution in [0.25, 0.3) is 0 Å². The highest BCUT2D eigenvalue weighted by molar-refractivity contribution is 9.10. The molecule has 0 heterocycles. The summed E-state index contributed by atoms with van der Waals surface area (Å²) < 4.78 is 19.0. The number of carbonyl (C=O) groups excluding carboxylic acids is 1. The van der Waals surface area contributed by atoms with Crippen LogP contribution >= 0.6 is 27.5 Å². The normalized spacial score (nSPS) is 10.3. The molecular formula is C14H9BrClFO2. The topological polar surface area (TPSA) is 26.3 Å². The summed E-state index contributed by atoms with van der Waals surface area (Å²) in [7, 11) is 0. The fraction of sp³-hybridized carbons (Fsp3) is 0.0714. The number of hydrogen-bond donors (Lipinski definition) is 0. The third-order valence-corrected chi connectivity index (χ3v) is 3.24. The van der Waals surface area contributed by atoms with Crippen molar-refractivity contribution in [1.82, 2.24) is 0 Å². The first kappa shape index (κ1) is 14.0. The number of carbonyl (C=O) groups is 1. The quantitative estimate of drug-likeness (QED) is 0.764. The molecule has 2 aromatic rings. The Labute approximate surface area is 123 Å². The zero-order chi connectivity index (χ0) is 13.8. The summed E-state index contributed by atoms with van der Waals surface area (Å²) in [4.78, 5) is 11.9. The first-order chi connectivity index (χ1) is 9.06. The minimum atomic E-state index is -0.448. The van der Waals surface area contributed by atoms with E-state index in [1.165, 1.54) is 12.1 Å². The molecule has 0 bridgehead atoms. The van der Waals surface area contributed by atoms with Crippen molar-refractivity contribution in [2.45, 2.75) is 0 Å². The number of ketones is 1. The number of Topliss-reactive ketones (excluding diaryl/α,β-unsaturated/α-hetero) is 1. The highest BCUT2D eigenvalue weighted by atomic mass is 79.9. The number of rotatable bonds is 4. The van der Waals surface area contributed by atoms with Crippen molar-refractivity contribution in [3.63, 3.8) is 0 Å². The van der Waals surface area contributed by atoms with Crippen molar-refractivity contribution >= 4 is 33.3 Å². The van der Waals surface area contributed by atoms with E-state index in [-0.39, 0.29) is 23.2 Å². The monoisotopic (exact) mass is 342 g/mol. The number of benzene rings is 2. The maximum atomic E-state index is 12.8. The summed E-state index contributed by atoms with van der Waals surface area (Å²) in [5.41, 5.74) is 0.543. The molecule has 0 saturated heterocycles. The molecule has 0 saturated carbocycles. The second kappa shape index (κ2) is 6.17. The predicted octanol–water partition coefficient (Wildman–Crippen LogP) is 4.50. The van der Waals surface area contributed by atoms with Crippen LogP contribution in [0.1, 0.15) is 10.4 Å². The first-order valence-electron chi connectivity index (χ1n) is 5.43. The summed E-state index contributed by atoms with van der Waals surface area (Å²) in [6, 6.07) is 10.7. The molecule has 98 valence electrons. The van der Waals surface area contributed by atoms with Crippen molar-refractivity contribution in [2.75, 3.05) is 6.61 Å². The van der Waals surface area contributed by atoms with Crippen molar-refractivity contribution < 1.29 is 13.9 Å². The summed E-state index contributed by atoms with van der Waals surface area (Å²) in [6.45, 7) is -0.146. The molecule has 0 radical (unpaired) electrons. The van der Waals surface area contributed by atoms with E-state index < -0.39 is 5.82 Å². The van der Waals surface area contributed by atoms with Crippen LogP contribution in [0, 0.1) is 5.82 Å². The van der Waals surface area contributed by atoms with Gasteiger partial charge in [0.1, 0.15) is 11.6 Å². The molecular weight excluding hydrogens is 335 g/mol. The van der Waals surface area contributed by atoms with Crippen LogP contribution in [0.2, 0.25) is 5.02 Å². The standard InChI is InChI=1S/C14H9BrClFO2/c15-10-3-1-9(2-4-10)13(18)8-19-14-6-5-11(17)7-12(14)16/h1-7H,8H2. The molecule has 19 heavy (non-hydrogen) atoms. The molecule has 0 atom stereocenters. The Morgan fingerprint density at radius 2 is 1.89 bits per heavy atom. The molecule has 0 amide bonds. The lowest BCUT2D eigenvalue weighted by Gasteiger charge is -2.07. The summed E-state index contributed by atoms with van der Waals surface area (Å²) in [6.07, 6.45) is 0. The van der Waals surface area contributed by atoms with Gasteiger partial charge in [0, 0.05) is 10.0 Å². The van der Waals surface area contributed by atoms with Crippen molar-refractivity contribution in [3.05, 3.63) is 63.3 Å². The van der Waals surface area contributed by atoms with Gasteiger partial charge < -0.3 is 4.74 Å². The molecule has 2 rings (SSSR count). The van der Waals surface area contributed by atoms with E-state index in [2.05, 4.69) is 15.9 Å². The Balaban J connectivity index is 2.02. The fourth-order valence-electron chi connectivity index (χ4n) is 1.45. The maximum absolute atomic E-state index is 12.8. The van der Waals surface area contributed by atoms with Gasteiger partial charge in [-0.15, -0.1) is 0 Å². The summed E-state index contributed by atoms with van der Waals surface area (Å²) in [5.74, 6) is -0.335. The average Bonchev–Trinajstić information content (AvgIpc) is 2.38. The molecule has 5 heteroatoms. The van der Waals surface area contributed by atoms with E-state index >= 15 is 0 Å². The molecule has 0 spiro atoms. The van der Waals surface area contributed by atoms with E-state index in [4.69, 9.17) is 16.3 Å². The highest BCUT2D eigenvalue weighted by Crippen LogP contribution is 2.25. The summed E-state index contributed by atoms with van der Waals surface area (Å²) in [5, 5.41) is 0.142. The lowest BCUT2D eigenvalue weighted by molar-refractivity contribution is 0.0921. The Morgan fingerprint density at radius 3 is 2.53 bits per heavy atom. The van der Waals surface area contributed by atoms with Crippen LogP contribution in [0.15, 0.2) is 46.9 Å². The SMILES string of the molecule is O=C(COc1ccc(F)cc1Cl)c1ccc(Br)cc1. The third-order valence-electron chi connectivity index (χ3n) is 2.42. The van der Waals surface area contributed by atoms with Crippen molar-refractivity contribution in [1.29, 1.82) is 0 Å². The molecule has 2 nitrogen and oxygen atoms in total. The van der Waals surface area contributed by atoms with Gasteiger partial charge in [-0.25, -0.2) is 4.39 Å². The second-order valence-electron chi connectivity index (χ2n) is 3.79. The Kier molecular flexibility index (Phi) is 4.56. The molecule has 0 aromatic heterocycles. The lowest BCUT2D eigenvalue weighted by atomic mass is 10.1. The van der Waals surface area contributed by atoms with Crippen LogP contribution < -0.4 is 4.74 Å². The van der Waals surface area contributed by atoms with Gasteiger partial charge in [-0.05, 0) is 30.3 Å². The van der Waals surface area contributed by atoms with Gasteiger partial charge >= 0.3 is 0 Å². The Bertz CT molecular complexity index is 599. The summed E-state index contributed by atoms with van der Waals surface area (Å²) >= 11 is 9.09. The maximum Gasteiger partial charge on any atom is 0.200 e. The van der Waals surface area contributed by atoms with Gasteiger partial charge in [0.2, 0.25) is 0 Å².